The third-order valence-electron chi connectivity index (χ3n) is 3.21. The lowest BCUT2D eigenvalue weighted by Crippen LogP contribution is -2.12. The number of carbonyl (C=O) groups is 2. The fourth-order valence-electron chi connectivity index (χ4n) is 1.99. The maximum absolute atomic E-state index is 10.8. The second kappa shape index (κ2) is 13.2. The second-order valence-electron chi connectivity index (χ2n) is 5.31. The molecule has 0 aliphatic heterocycles. The molecule has 0 fully saturated rings. The third-order valence-corrected chi connectivity index (χ3v) is 3.84. The van der Waals surface area contributed by atoms with Gasteiger partial charge in [0.2, 0.25) is 5.91 Å². The van der Waals surface area contributed by atoms with Crippen LogP contribution in [0, 0.1) is 0 Å². The van der Waals surface area contributed by atoms with Crippen molar-refractivity contribution in [2.75, 3.05) is 11.9 Å². The fraction of sp³-hybridized carbons (Fsp3) is 0.222. The van der Waals surface area contributed by atoms with Crippen molar-refractivity contribution in [2.45, 2.75) is 19.3 Å². The number of nitrogens with one attached hydrogen (secondary N) is 1. The van der Waals surface area contributed by atoms with Crippen molar-refractivity contribution in [2.24, 2.45) is 11.5 Å². The number of hydrogen-bond donors (Lipinski definition) is 4. The van der Waals surface area contributed by atoms with E-state index in [1.165, 1.54) is 0 Å². The lowest BCUT2D eigenvalue weighted by Gasteiger charge is -2.13. The first kappa shape index (κ1) is 25.0. The number of carbonyl (C=O) groups excluding carboxylic acids is 1. The standard InChI is InChI=1S/C14H11Cl2NO2.C4H10N2O.ClH/c15-10-5-3-6-11(16)14(10)17-12-7-2-1-4-9(12)8-13(18)19;5-3-1-2-4(6)7;/h1-7,17H,8H2,(H,18,19);1-3,5H2,(H2,6,7);1H. The van der Waals surface area contributed by atoms with Gasteiger partial charge in [0.1, 0.15) is 0 Å². The SMILES string of the molecule is Cl.NCCCC(N)=O.O=C(O)Cc1ccccc1Nc1c(Cl)cccc1Cl. The molecule has 0 spiro atoms. The highest BCUT2D eigenvalue weighted by Gasteiger charge is 2.10. The average molecular weight is 435 g/mol. The number of aliphatic carboxylic acids is 1. The smallest absolute Gasteiger partial charge is 0.307 e. The van der Waals surface area contributed by atoms with E-state index in [2.05, 4.69) is 5.32 Å². The summed E-state index contributed by atoms with van der Waals surface area (Å²) in [4.78, 5) is 20.8. The van der Waals surface area contributed by atoms with Gasteiger partial charge in [-0.3, -0.25) is 9.59 Å². The zero-order chi connectivity index (χ0) is 19.5. The van der Waals surface area contributed by atoms with E-state index in [4.69, 9.17) is 39.8 Å². The number of hydrogen-bond acceptors (Lipinski definition) is 4. The third kappa shape index (κ3) is 9.49. The highest BCUT2D eigenvalue weighted by atomic mass is 35.5. The van der Waals surface area contributed by atoms with Gasteiger partial charge in [0.15, 0.2) is 0 Å². The lowest BCUT2D eigenvalue weighted by atomic mass is 10.1. The molecule has 0 saturated carbocycles. The van der Waals surface area contributed by atoms with Gasteiger partial charge in [0, 0.05) is 12.1 Å². The number of primary amides is 1. The molecule has 2 aromatic carbocycles. The minimum absolute atomic E-state index is 0. The maximum Gasteiger partial charge on any atom is 0.307 e. The van der Waals surface area contributed by atoms with Gasteiger partial charge in [-0.2, -0.15) is 0 Å². The summed E-state index contributed by atoms with van der Waals surface area (Å²) in [6.45, 7) is 0.545. The first-order chi connectivity index (χ1) is 12.3. The summed E-state index contributed by atoms with van der Waals surface area (Å²) < 4.78 is 0. The molecule has 6 N–H and O–H groups in total. The summed E-state index contributed by atoms with van der Waals surface area (Å²) in [5.74, 6) is -1.16. The van der Waals surface area contributed by atoms with Crippen molar-refractivity contribution in [1.29, 1.82) is 0 Å². The van der Waals surface area contributed by atoms with Crippen molar-refractivity contribution in [3.8, 4) is 0 Å². The molecule has 0 aliphatic carbocycles. The predicted octanol–water partition coefficient (Wildman–Crippen LogP) is 4.00. The van der Waals surface area contributed by atoms with E-state index in [0.29, 0.717) is 46.4 Å². The summed E-state index contributed by atoms with van der Waals surface area (Å²) >= 11 is 12.1. The molecule has 6 nitrogen and oxygen atoms in total. The summed E-state index contributed by atoms with van der Waals surface area (Å²) in [6, 6.07) is 12.3. The number of anilines is 2. The average Bonchev–Trinajstić information content (AvgIpc) is 2.58. The topological polar surface area (TPSA) is 118 Å². The molecule has 0 radical (unpaired) electrons. The molecule has 9 heteroatoms. The summed E-state index contributed by atoms with van der Waals surface area (Å²) in [7, 11) is 0. The number of rotatable bonds is 7. The van der Waals surface area contributed by atoms with Crippen molar-refractivity contribution in [3.63, 3.8) is 0 Å². The van der Waals surface area contributed by atoms with Gasteiger partial charge in [-0.15, -0.1) is 12.4 Å². The molecule has 27 heavy (non-hydrogen) atoms. The van der Waals surface area contributed by atoms with Crippen LogP contribution in [-0.2, 0) is 16.0 Å². The molecule has 0 saturated heterocycles. The zero-order valence-electron chi connectivity index (χ0n) is 14.5. The van der Waals surface area contributed by atoms with Crippen LogP contribution in [0.5, 0.6) is 0 Å². The Kier molecular flexibility index (Phi) is 12.2. The molecule has 0 unspecified atom stereocenters. The van der Waals surface area contributed by atoms with E-state index in [0.717, 1.165) is 0 Å². The van der Waals surface area contributed by atoms with Gasteiger partial charge in [0.05, 0.1) is 22.2 Å². The number of para-hydroxylation sites is 2. The molecular formula is C18H22Cl3N3O3. The number of halogens is 3. The van der Waals surface area contributed by atoms with Crippen molar-refractivity contribution < 1.29 is 14.7 Å². The summed E-state index contributed by atoms with van der Waals surface area (Å²) in [6.07, 6.45) is 1.05. The van der Waals surface area contributed by atoms with E-state index in [-0.39, 0.29) is 24.7 Å². The number of carboxylic acid groups (broad SMARTS) is 1. The van der Waals surface area contributed by atoms with Gasteiger partial charge < -0.3 is 21.9 Å². The second-order valence-corrected chi connectivity index (χ2v) is 6.12. The van der Waals surface area contributed by atoms with Gasteiger partial charge in [0.25, 0.3) is 0 Å². The molecule has 0 bridgehead atoms. The van der Waals surface area contributed by atoms with Gasteiger partial charge in [-0.05, 0) is 36.7 Å². The van der Waals surface area contributed by atoms with Crippen LogP contribution in [0.2, 0.25) is 10.0 Å². The molecule has 1 amide bonds. The number of amides is 1. The van der Waals surface area contributed by atoms with Crippen LogP contribution in [0.1, 0.15) is 18.4 Å². The molecule has 0 aromatic heterocycles. The van der Waals surface area contributed by atoms with E-state index in [1.54, 1.807) is 36.4 Å². The Labute approximate surface area is 174 Å². The van der Waals surface area contributed by atoms with Crippen LogP contribution in [0.25, 0.3) is 0 Å². The molecule has 148 valence electrons. The van der Waals surface area contributed by atoms with Crippen LogP contribution in [0.15, 0.2) is 42.5 Å². The lowest BCUT2D eigenvalue weighted by molar-refractivity contribution is -0.136. The molecule has 2 rings (SSSR count). The van der Waals surface area contributed by atoms with Crippen LogP contribution < -0.4 is 16.8 Å². The van der Waals surface area contributed by atoms with Crippen LogP contribution in [0.3, 0.4) is 0 Å². The molecule has 0 heterocycles. The highest BCUT2D eigenvalue weighted by molar-refractivity contribution is 6.39. The van der Waals surface area contributed by atoms with Gasteiger partial charge >= 0.3 is 5.97 Å². The van der Waals surface area contributed by atoms with Crippen LogP contribution >= 0.6 is 35.6 Å². The molecule has 0 atom stereocenters. The monoisotopic (exact) mass is 433 g/mol. The minimum Gasteiger partial charge on any atom is -0.481 e. The Balaban J connectivity index is 0.000000728. The Morgan fingerprint density at radius 3 is 2.11 bits per heavy atom. The fourth-order valence-corrected chi connectivity index (χ4v) is 2.48. The molecule has 0 aliphatic rings. The zero-order valence-corrected chi connectivity index (χ0v) is 16.8. The summed E-state index contributed by atoms with van der Waals surface area (Å²) in [5.41, 5.74) is 11.8. The quantitative estimate of drug-likeness (QED) is 0.525. The normalized spacial score (nSPS) is 9.44. The molecule has 2 aromatic rings. The minimum atomic E-state index is -0.889. The van der Waals surface area contributed by atoms with Crippen molar-refractivity contribution in [1.82, 2.24) is 0 Å². The van der Waals surface area contributed by atoms with Gasteiger partial charge in [-0.1, -0.05) is 47.5 Å². The Morgan fingerprint density at radius 2 is 1.63 bits per heavy atom. The number of carboxylic acids is 1. The van der Waals surface area contributed by atoms with E-state index < -0.39 is 5.97 Å². The van der Waals surface area contributed by atoms with Crippen molar-refractivity contribution in [3.05, 3.63) is 58.1 Å². The Morgan fingerprint density at radius 1 is 1.04 bits per heavy atom. The largest absolute Gasteiger partial charge is 0.481 e. The van der Waals surface area contributed by atoms with Gasteiger partial charge in [-0.25, -0.2) is 0 Å². The predicted molar refractivity (Wildman–Crippen MR) is 112 cm³/mol. The van der Waals surface area contributed by atoms with E-state index >= 15 is 0 Å². The molecular weight excluding hydrogens is 413 g/mol. The first-order valence-electron chi connectivity index (χ1n) is 7.84. The van der Waals surface area contributed by atoms with E-state index in [9.17, 15) is 9.59 Å². The summed E-state index contributed by atoms with van der Waals surface area (Å²) in [5, 5.41) is 12.9. The van der Waals surface area contributed by atoms with Crippen molar-refractivity contribution >= 4 is 58.9 Å². The Bertz CT molecular complexity index is 737. The highest BCUT2D eigenvalue weighted by Crippen LogP contribution is 2.33. The van der Waals surface area contributed by atoms with Crippen LogP contribution in [-0.4, -0.2) is 23.5 Å². The van der Waals surface area contributed by atoms with E-state index in [1.807, 2.05) is 6.07 Å². The Hall–Kier alpha value is -1.99. The number of benzene rings is 2. The first-order valence-corrected chi connectivity index (χ1v) is 8.59. The van der Waals surface area contributed by atoms with Crippen LogP contribution in [0.4, 0.5) is 11.4 Å². The maximum atomic E-state index is 10.8. The number of nitrogens with two attached hydrogens (primary N) is 2.